The van der Waals surface area contributed by atoms with Crippen LogP contribution >= 0.6 is 0 Å². The molecule has 0 aliphatic heterocycles. The number of aromatic hydroxyl groups is 8. The van der Waals surface area contributed by atoms with Gasteiger partial charge in [-0.05, 0) is 77.6 Å². The SMILES string of the molecule is CCCCCCCCCCCC1c2cc(c(O)c(C(C)=O)c2O)C(CCCCCCCCCCC)c2cc(c(O)c(C(C)=O)c2O)C(CCCCCCCCCCC)c2cc(c(O)c(C(C)=O)c2O)C(CCCCCCCCCCC)c2cc1c(O)c(C(C)=O)c2O. The number of carbonyl (C=O) groups excluding carboxylic acids is 4. The summed E-state index contributed by atoms with van der Waals surface area (Å²) in [7, 11) is 0. The molecule has 0 unspecified atom stereocenters. The van der Waals surface area contributed by atoms with Gasteiger partial charge in [0.1, 0.15) is 68.2 Å². The number of fused-ring (bicyclic) bond motifs is 8. The van der Waals surface area contributed by atoms with Crippen molar-refractivity contribution in [2.45, 2.75) is 336 Å². The molecule has 0 saturated carbocycles. The molecule has 512 valence electrons. The molecule has 8 N–H and O–H groups in total. The van der Waals surface area contributed by atoms with Gasteiger partial charge in [0.25, 0.3) is 0 Å². The van der Waals surface area contributed by atoms with E-state index in [1.165, 1.54) is 79.1 Å². The van der Waals surface area contributed by atoms with Crippen LogP contribution in [0, 0.1) is 0 Å². The Balaban J connectivity index is 1.96. The molecule has 0 fully saturated rings. The lowest BCUT2D eigenvalue weighted by Gasteiger charge is -2.31. The molecule has 1 aliphatic rings. The molecule has 4 aromatic rings. The van der Waals surface area contributed by atoms with Gasteiger partial charge >= 0.3 is 0 Å². The average molecular weight is 1270 g/mol. The quantitative estimate of drug-likeness (QED) is 0.0153. The van der Waals surface area contributed by atoms with Gasteiger partial charge in [0, 0.05) is 68.2 Å². The molecule has 0 radical (unpaired) electrons. The van der Waals surface area contributed by atoms with Crippen LogP contribution in [0.4, 0.5) is 0 Å². The van der Waals surface area contributed by atoms with E-state index in [0.717, 1.165) is 154 Å². The summed E-state index contributed by atoms with van der Waals surface area (Å²) in [4.78, 5) is 57.0. The van der Waals surface area contributed by atoms with Gasteiger partial charge in [-0.2, -0.15) is 0 Å². The molecular formula is C80H120O12. The number of rotatable bonds is 44. The fraction of sp³-hybridized carbons (Fsp3) is 0.650. The van der Waals surface area contributed by atoms with Crippen molar-refractivity contribution in [1.82, 2.24) is 0 Å². The zero-order valence-electron chi connectivity index (χ0n) is 58.1. The molecular weight excluding hydrogens is 1150 g/mol. The molecule has 8 bridgehead atoms. The summed E-state index contributed by atoms with van der Waals surface area (Å²) in [5.74, 6) is -10.9. The smallest absolute Gasteiger partial charge is 0.167 e. The van der Waals surface area contributed by atoms with Crippen molar-refractivity contribution >= 4 is 23.1 Å². The number of phenolic OH excluding ortho intramolecular Hbond substituents is 8. The van der Waals surface area contributed by atoms with Gasteiger partial charge < -0.3 is 40.9 Å². The van der Waals surface area contributed by atoms with Crippen molar-refractivity contribution < 1.29 is 60.0 Å². The molecule has 0 atom stereocenters. The van der Waals surface area contributed by atoms with Gasteiger partial charge in [0.05, 0.1) is 0 Å². The van der Waals surface area contributed by atoms with Crippen molar-refractivity contribution in [2.24, 2.45) is 0 Å². The van der Waals surface area contributed by atoms with Crippen molar-refractivity contribution in [1.29, 1.82) is 0 Å². The summed E-state index contributed by atoms with van der Waals surface area (Å²) in [6.45, 7) is 13.8. The molecule has 4 aromatic carbocycles. The first-order valence-corrected chi connectivity index (χ1v) is 36.7. The third kappa shape index (κ3) is 21.0. The van der Waals surface area contributed by atoms with Crippen LogP contribution in [0.15, 0.2) is 24.3 Å². The van der Waals surface area contributed by atoms with Crippen molar-refractivity contribution in [3.05, 3.63) is 91.0 Å². The minimum absolute atomic E-state index is 0.158. The number of hydrogen-bond acceptors (Lipinski definition) is 12. The normalized spacial score (nSPS) is 15.5. The van der Waals surface area contributed by atoms with E-state index < -0.39 is 92.8 Å². The highest BCUT2D eigenvalue weighted by Gasteiger charge is 2.39. The van der Waals surface area contributed by atoms with E-state index in [1.807, 2.05) is 0 Å². The van der Waals surface area contributed by atoms with Gasteiger partial charge in [-0.25, -0.2) is 0 Å². The van der Waals surface area contributed by atoms with Gasteiger partial charge in [-0.15, -0.1) is 0 Å². The second-order valence-corrected chi connectivity index (χ2v) is 27.4. The number of hydrogen-bond donors (Lipinski definition) is 8. The summed E-state index contributed by atoms with van der Waals surface area (Å²) < 4.78 is 0. The molecule has 0 amide bonds. The van der Waals surface area contributed by atoms with Crippen molar-refractivity contribution in [3.63, 3.8) is 0 Å². The monoisotopic (exact) mass is 1270 g/mol. The number of phenols is 8. The molecule has 0 aromatic heterocycles. The van der Waals surface area contributed by atoms with E-state index in [2.05, 4.69) is 27.7 Å². The second-order valence-electron chi connectivity index (χ2n) is 27.4. The first kappa shape index (κ1) is 76.7. The molecule has 12 heteroatoms. The lowest BCUT2D eigenvalue weighted by Crippen LogP contribution is -2.15. The summed E-state index contributed by atoms with van der Waals surface area (Å²) >= 11 is 0. The zero-order valence-corrected chi connectivity index (χ0v) is 58.1. The summed E-state index contributed by atoms with van der Waals surface area (Å²) in [5.41, 5.74) is -0.248. The fourth-order valence-electron chi connectivity index (χ4n) is 14.8. The average Bonchev–Trinajstić information content (AvgIpc) is 0.785. The lowest BCUT2D eigenvalue weighted by molar-refractivity contribution is 0.0998. The van der Waals surface area contributed by atoms with Crippen molar-refractivity contribution in [2.75, 3.05) is 0 Å². The third-order valence-electron chi connectivity index (χ3n) is 20.1. The third-order valence-corrected chi connectivity index (χ3v) is 20.1. The lowest BCUT2D eigenvalue weighted by atomic mass is 9.74. The number of ketones is 4. The number of unbranched alkanes of at least 4 members (excludes halogenated alkanes) is 32. The Morgan fingerprint density at radius 3 is 0.467 bits per heavy atom. The Hall–Kier alpha value is -6.04. The van der Waals surface area contributed by atoms with Gasteiger partial charge in [0.2, 0.25) is 0 Å². The first-order valence-electron chi connectivity index (χ1n) is 36.7. The Morgan fingerprint density at radius 1 is 0.228 bits per heavy atom. The van der Waals surface area contributed by atoms with Crippen LogP contribution in [-0.4, -0.2) is 64.0 Å². The molecule has 0 saturated heterocycles. The summed E-state index contributed by atoms with van der Waals surface area (Å²) in [5, 5.41) is 102. The van der Waals surface area contributed by atoms with E-state index >= 15 is 0 Å². The highest BCUT2D eigenvalue weighted by atomic mass is 16.3. The molecule has 1 aliphatic carbocycles. The fourth-order valence-corrected chi connectivity index (χ4v) is 14.8. The van der Waals surface area contributed by atoms with Gasteiger partial charge in [0.15, 0.2) is 23.1 Å². The Morgan fingerprint density at radius 2 is 0.348 bits per heavy atom. The molecule has 0 heterocycles. The van der Waals surface area contributed by atoms with E-state index in [4.69, 9.17) is 0 Å². The van der Waals surface area contributed by atoms with Crippen LogP contribution in [0.5, 0.6) is 46.0 Å². The van der Waals surface area contributed by atoms with Crippen LogP contribution in [0.1, 0.15) is 422 Å². The van der Waals surface area contributed by atoms with Gasteiger partial charge in [-0.1, -0.05) is 259 Å². The summed E-state index contributed by atoms with van der Waals surface area (Å²) in [6, 6.07) is 6.55. The standard InChI is InChI=1S/C80H120O12/c1-9-13-17-21-25-29-33-37-41-45-57-61-49-63(75(87)69(53(5)81)73(61)85)58(46-42-38-34-30-26-22-18-14-10-2)65-51-67(79(91)71(55(7)83)77(65)89)60(48-44-40-36-32-28-24-20-16-12-4)68-52-66(78(90)72(56(8)84)80(68)92)59(47-43-39-35-31-27-23-19-15-11-3)64-50-62(57)74(86)70(54(6)82)76(64)88/h49-52,57-60,85-92H,9-48H2,1-8H3. The van der Waals surface area contributed by atoms with Gasteiger partial charge in [-0.3, -0.25) is 19.2 Å². The van der Waals surface area contributed by atoms with E-state index in [1.54, 1.807) is 24.3 Å². The van der Waals surface area contributed by atoms with E-state index in [9.17, 15) is 60.0 Å². The van der Waals surface area contributed by atoms with E-state index in [-0.39, 0.29) is 92.4 Å². The Kier molecular flexibility index (Phi) is 33.6. The topological polar surface area (TPSA) is 230 Å². The Bertz CT molecular complexity index is 2480. The predicted molar refractivity (Wildman–Crippen MR) is 374 cm³/mol. The number of benzene rings is 4. The predicted octanol–water partition coefficient (Wildman–Crippen LogP) is 22.7. The minimum Gasteiger partial charge on any atom is -0.507 e. The highest BCUT2D eigenvalue weighted by Crippen LogP contribution is 2.56. The Labute approximate surface area is 553 Å². The molecule has 5 rings (SSSR count). The minimum atomic E-state index is -1.00. The second kappa shape index (κ2) is 40.3. The first-order chi connectivity index (χ1) is 44.3. The maximum Gasteiger partial charge on any atom is 0.167 e. The number of carbonyl (C=O) groups is 4. The van der Waals surface area contributed by atoms with Crippen molar-refractivity contribution in [3.8, 4) is 46.0 Å². The van der Waals surface area contributed by atoms with Crippen LogP contribution in [0.25, 0.3) is 0 Å². The van der Waals surface area contributed by atoms with Crippen LogP contribution in [0.3, 0.4) is 0 Å². The molecule has 0 spiro atoms. The van der Waals surface area contributed by atoms with Crippen LogP contribution in [0.2, 0.25) is 0 Å². The zero-order chi connectivity index (χ0) is 67.3. The molecule has 12 nitrogen and oxygen atoms in total. The largest absolute Gasteiger partial charge is 0.507 e. The van der Waals surface area contributed by atoms with E-state index in [0.29, 0.717) is 25.7 Å². The molecule has 92 heavy (non-hydrogen) atoms. The highest BCUT2D eigenvalue weighted by molar-refractivity contribution is 6.03. The maximum atomic E-state index is 14.2. The summed E-state index contributed by atoms with van der Waals surface area (Å²) in [6.07, 6.45) is 36.7. The van der Waals surface area contributed by atoms with Crippen LogP contribution < -0.4 is 0 Å². The maximum absolute atomic E-state index is 14.2. The van der Waals surface area contributed by atoms with Crippen LogP contribution in [-0.2, 0) is 0 Å². The number of Topliss-reactive ketones (excluding diaryl/α,β-unsaturated/α-hetero) is 4.